The second-order valence-corrected chi connectivity index (χ2v) is 5.32. The fourth-order valence-electron chi connectivity index (χ4n) is 1.49. The number of anilines is 1. The van der Waals surface area contributed by atoms with Crippen molar-refractivity contribution in [1.82, 2.24) is 5.32 Å². The van der Waals surface area contributed by atoms with E-state index in [1.54, 1.807) is 18.2 Å². The number of rotatable bonds is 5. The van der Waals surface area contributed by atoms with Crippen LogP contribution in [-0.2, 0) is 9.59 Å². The van der Waals surface area contributed by atoms with Gasteiger partial charge < -0.3 is 10.6 Å². The maximum absolute atomic E-state index is 11.7. The van der Waals surface area contributed by atoms with Crippen LogP contribution in [0.25, 0.3) is 0 Å². The maximum atomic E-state index is 11.7. The van der Waals surface area contributed by atoms with Crippen molar-refractivity contribution in [2.45, 2.75) is 27.2 Å². The third-order valence-electron chi connectivity index (χ3n) is 2.49. The molecule has 0 aromatic heterocycles. The van der Waals surface area contributed by atoms with Gasteiger partial charge in [-0.1, -0.05) is 25.4 Å². The molecule has 4 nitrogen and oxygen atoms in total. The monoisotopic (exact) mass is 282 g/mol. The molecule has 0 aliphatic carbocycles. The molecule has 1 aromatic rings. The highest BCUT2D eigenvalue weighted by molar-refractivity contribution is 6.30. The summed E-state index contributed by atoms with van der Waals surface area (Å²) in [4.78, 5) is 23.2. The van der Waals surface area contributed by atoms with Crippen LogP contribution in [0, 0.1) is 12.8 Å². The smallest absolute Gasteiger partial charge is 0.233 e. The van der Waals surface area contributed by atoms with Crippen LogP contribution in [0.3, 0.4) is 0 Å². The highest BCUT2D eigenvalue weighted by Gasteiger charge is 2.10. The van der Waals surface area contributed by atoms with Gasteiger partial charge in [0.05, 0.1) is 0 Å². The Bertz CT molecular complexity index is 473. The van der Waals surface area contributed by atoms with E-state index >= 15 is 0 Å². The van der Waals surface area contributed by atoms with Gasteiger partial charge in [-0.15, -0.1) is 0 Å². The third kappa shape index (κ3) is 5.75. The zero-order chi connectivity index (χ0) is 14.4. The van der Waals surface area contributed by atoms with Crippen LogP contribution in [0.2, 0.25) is 5.02 Å². The van der Waals surface area contributed by atoms with Gasteiger partial charge >= 0.3 is 0 Å². The summed E-state index contributed by atoms with van der Waals surface area (Å²) < 4.78 is 0. The van der Waals surface area contributed by atoms with Crippen molar-refractivity contribution in [2.24, 2.45) is 5.92 Å². The van der Waals surface area contributed by atoms with Crippen molar-refractivity contribution in [3.8, 4) is 0 Å². The third-order valence-corrected chi connectivity index (χ3v) is 2.73. The lowest BCUT2D eigenvalue weighted by atomic mass is 10.2. The lowest BCUT2D eigenvalue weighted by molar-refractivity contribution is -0.126. The van der Waals surface area contributed by atoms with Crippen molar-refractivity contribution in [3.05, 3.63) is 28.8 Å². The molecule has 0 heterocycles. The number of aryl methyl sites for hydroxylation is 1. The first-order valence-corrected chi connectivity index (χ1v) is 6.59. The van der Waals surface area contributed by atoms with E-state index < -0.39 is 0 Å². The molecular formula is C14H19ClN2O2. The summed E-state index contributed by atoms with van der Waals surface area (Å²) in [5.74, 6) is -0.227. The molecule has 0 unspecified atom stereocenters. The van der Waals surface area contributed by atoms with E-state index in [1.165, 1.54) is 0 Å². The first kappa shape index (κ1) is 15.5. The van der Waals surface area contributed by atoms with Gasteiger partial charge in [0.15, 0.2) is 0 Å². The van der Waals surface area contributed by atoms with E-state index in [1.807, 2.05) is 20.8 Å². The van der Waals surface area contributed by atoms with E-state index in [-0.39, 0.29) is 18.2 Å². The van der Waals surface area contributed by atoms with Crippen LogP contribution >= 0.6 is 11.6 Å². The largest absolute Gasteiger partial charge is 0.355 e. The minimum Gasteiger partial charge on any atom is -0.355 e. The Balaban J connectivity index is 2.49. The predicted molar refractivity (Wildman–Crippen MR) is 77.3 cm³/mol. The predicted octanol–water partition coefficient (Wildman–Crippen LogP) is 2.75. The van der Waals surface area contributed by atoms with Gasteiger partial charge in [-0.3, -0.25) is 9.59 Å². The molecule has 0 radical (unpaired) electrons. The summed E-state index contributed by atoms with van der Waals surface area (Å²) in [6.07, 6.45) is -0.172. The number of benzene rings is 1. The second-order valence-electron chi connectivity index (χ2n) is 4.88. The van der Waals surface area contributed by atoms with Crippen LogP contribution < -0.4 is 10.6 Å². The molecular weight excluding hydrogens is 264 g/mol. The van der Waals surface area contributed by atoms with Crippen molar-refractivity contribution < 1.29 is 9.59 Å². The number of hydrogen-bond donors (Lipinski definition) is 2. The van der Waals surface area contributed by atoms with Crippen LogP contribution in [0.5, 0.6) is 0 Å². The molecule has 0 aliphatic heterocycles. The molecule has 104 valence electrons. The molecule has 0 bridgehead atoms. The normalized spacial score (nSPS) is 10.4. The lowest BCUT2D eigenvalue weighted by Crippen LogP contribution is -2.30. The van der Waals surface area contributed by atoms with E-state index in [0.29, 0.717) is 23.2 Å². The van der Waals surface area contributed by atoms with Gasteiger partial charge in [-0.25, -0.2) is 0 Å². The van der Waals surface area contributed by atoms with Crippen molar-refractivity contribution in [1.29, 1.82) is 0 Å². The number of hydrogen-bond acceptors (Lipinski definition) is 2. The summed E-state index contributed by atoms with van der Waals surface area (Å²) in [5.41, 5.74) is 1.54. The van der Waals surface area contributed by atoms with E-state index in [0.717, 1.165) is 5.56 Å². The molecule has 0 saturated carbocycles. The minimum absolute atomic E-state index is 0.172. The molecule has 19 heavy (non-hydrogen) atoms. The molecule has 0 fully saturated rings. The quantitative estimate of drug-likeness (QED) is 0.816. The summed E-state index contributed by atoms with van der Waals surface area (Å²) in [5, 5.41) is 6.02. The van der Waals surface area contributed by atoms with Gasteiger partial charge in [0.25, 0.3) is 0 Å². The molecule has 5 heteroatoms. The zero-order valence-corrected chi connectivity index (χ0v) is 12.2. The Morgan fingerprint density at radius 3 is 2.53 bits per heavy atom. The fraction of sp³-hybridized carbons (Fsp3) is 0.429. The Hall–Kier alpha value is -1.55. The van der Waals surface area contributed by atoms with Crippen LogP contribution in [0.1, 0.15) is 25.8 Å². The minimum atomic E-state index is -0.327. The molecule has 2 N–H and O–H groups in total. The fourth-order valence-corrected chi connectivity index (χ4v) is 1.71. The van der Waals surface area contributed by atoms with Crippen LogP contribution in [0.4, 0.5) is 5.69 Å². The number of carbonyl (C=O) groups excluding carboxylic acids is 2. The van der Waals surface area contributed by atoms with Gasteiger partial charge in [0.1, 0.15) is 6.42 Å². The highest BCUT2D eigenvalue weighted by Crippen LogP contribution is 2.19. The van der Waals surface area contributed by atoms with Crippen molar-refractivity contribution in [3.63, 3.8) is 0 Å². The van der Waals surface area contributed by atoms with E-state index in [2.05, 4.69) is 10.6 Å². The molecule has 0 aliphatic rings. The standard InChI is InChI=1S/C14H19ClN2O2/c1-9(2)8-16-13(18)7-14(19)17-12-5-4-11(15)6-10(12)3/h4-6,9H,7-8H2,1-3H3,(H,16,18)(H,17,19). The molecule has 0 saturated heterocycles. The number of amides is 2. The van der Waals surface area contributed by atoms with E-state index in [9.17, 15) is 9.59 Å². The number of nitrogens with one attached hydrogen (secondary N) is 2. The number of carbonyl (C=O) groups is 2. The summed E-state index contributed by atoms with van der Waals surface area (Å²) in [6.45, 7) is 6.42. The first-order chi connectivity index (χ1) is 8.88. The Morgan fingerprint density at radius 2 is 1.95 bits per heavy atom. The molecule has 0 atom stereocenters. The Kier molecular flexibility index (Phi) is 5.83. The van der Waals surface area contributed by atoms with Gasteiger partial charge in [0.2, 0.25) is 11.8 Å². The summed E-state index contributed by atoms with van der Waals surface area (Å²) >= 11 is 5.83. The summed E-state index contributed by atoms with van der Waals surface area (Å²) in [6, 6.07) is 5.18. The first-order valence-electron chi connectivity index (χ1n) is 6.21. The van der Waals surface area contributed by atoms with Crippen LogP contribution in [-0.4, -0.2) is 18.4 Å². The van der Waals surface area contributed by atoms with Gasteiger partial charge in [0, 0.05) is 17.3 Å². The SMILES string of the molecule is Cc1cc(Cl)ccc1NC(=O)CC(=O)NCC(C)C. The lowest BCUT2D eigenvalue weighted by Gasteiger charge is -2.10. The molecule has 1 aromatic carbocycles. The van der Waals surface area contributed by atoms with Crippen molar-refractivity contribution >= 4 is 29.1 Å². The highest BCUT2D eigenvalue weighted by atomic mass is 35.5. The topological polar surface area (TPSA) is 58.2 Å². The average molecular weight is 283 g/mol. The second kappa shape index (κ2) is 7.14. The number of halogens is 1. The van der Waals surface area contributed by atoms with Gasteiger partial charge in [-0.2, -0.15) is 0 Å². The Labute approximate surface area is 118 Å². The summed E-state index contributed by atoms with van der Waals surface area (Å²) in [7, 11) is 0. The average Bonchev–Trinajstić information content (AvgIpc) is 2.30. The maximum Gasteiger partial charge on any atom is 0.233 e. The Morgan fingerprint density at radius 1 is 1.26 bits per heavy atom. The molecule has 0 spiro atoms. The van der Waals surface area contributed by atoms with Gasteiger partial charge in [-0.05, 0) is 36.6 Å². The van der Waals surface area contributed by atoms with Crippen molar-refractivity contribution in [2.75, 3.05) is 11.9 Å². The van der Waals surface area contributed by atoms with E-state index in [4.69, 9.17) is 11.6 Å². The molecule has 1 rings (SSSR count). The zero-order valence-electron chi connectivity index (χ0n) is 11.4. The van der Waals surface area contributed by atoms with Crippen LogP contribution in [0.15, 0.2) is 18.2 Å². The molecule has 2 amide bonds.